The van der Waals surface area contributed by atoms with Gasteiger partial charge in [-0.1, -0.05) is 6.92 Å². The lowest BCUT2D eigenvalue weighted by atomic mass is 10.1. The molecule has 1 aliphatic carbocycles. The summed E-state index contributed by atoms with van der Waals surface area (Å²) in [5.41, 5.74) is 0.495. The third-order valence-electron chi connectivity index (χ3n) is 5.45. The molecule has 31 heavy (non-hydrogen) atoms. The summed E-state index contributed by atoms with van der Waals surface area (Å²) in [5, 5.41) is 12.8. The van der Waals surface area contributed by atoms with Crippen LogP contribution in [0.5, 0.6) is 0 Å². The Labute approximate surface area is 175 Å². The minimum atomic E-state index is -2.69. The third kappa shape index (κ3) is 4.34. The van der Waals surface area contributed by atoms with Crippen molar-refractivity contribution in [2.24, 2.45) is 5.92 Å². The molecule has 1 saturated carbocycles. The highest BCUT2D eigenvalue weighted by Crippen LogP contribution is 2.31. The fraction of sp³-hybridized carbons (Fsp3) is 0.381. The Morgan fingerprint density at radius 3 is 2.87 bits per heavy atom. The van der Waals surface area contributed by atoms with Crippen molar-refractivity contribution in [3.8, 4) is 0 Å². The van der Waals surface area contributed by atoms with E-state index in [1.807, 2.05) is 0 Å². The van der Waals surface area contributed by atoms with Crippen LogP contribution < -0.4 is 5.32 Å². The Hall–Kier alpha value is -3.14. The number of halogens is 3. The number of ketones is 1. The van der Waals surface area contributed by atoms with E-state index in [2.05, 4.69) is 15.3 Å². The van der Waals surface area contributed by atoms with E-state index >= 15 is 0 Å². The van der Waals surface area contributed by atoms with E-state index < -0.39 is 30.5 Å². The molecule has 0 spiro atoms. The van der Waals surface area contributed by atoms with Crippen molar-refractivity contribution in [3.05, 3.63) is 65.8 Å². The Kier molecular flexibility index (Phi) is 5.81. The Morgan fingerprint density at radius 2 is 2.19 bits per heavy atom. The van der Waals surface area contributed by atoms with Gasteiger partial charge in [0.1, 0.15) is 24.1 Å². The van der Waals surface area contributed by atoms with Gasteiger partial charge in [-0.05, 0) is 30.5 Å². The van der Waals surface area contributed by atoms with Gasteiger partial charge in [0.25, 0.3) is 6.43 Å². The van der Waals surface area contributed by atoms with Gasteiger partial charge >= 0.3 is 0 Å². The van der Waals surface area contributed by atoms with Gasteiger partial charge in [0.15, 0.2) is 11.5 Å². The minimum Gasteiger partial charge on any atom is -0.458 e. The molecule has 7 nitrogen and oxygen atoms in total. The van der Waals surface area contributed by atoms with E-state index in [0.29, 0.717) is 17.7 Å². The van der Waals surface area contributed by atoms with Gasteiger partial charge in [0.05, 0.1) is 24.3 Å². The fourth-order valence-corrected chi connectivity index (χ4v) is 3.75. The minimum absolute atomic E-state index is 0.166. The van der Waals surface area contributed by atoms with Gasteiger partial charge in [0, 0.05) is 24.2 Å². The zero-order valence-electron chi connectivity index (χ0n) is 16.6. The van der Waals surface area contributed by atoms with Crippen LogP contribution in [-0.2, 0) is 6.54 Å². The number of aliphatic hydroxyl groups is 1. The monoisotopic (exact) mass is 434 g/mol. The molecule has 1 fully saturated rings. The number of anilines is 1. The van der Waals surface area contributed by atoms with Crippen LogP contribution in [-0.4, -0.2) is 43.7 Å². The summed E-state index contributed by atoms with van der Waals surface area (Å²) in [5.74, 6) is -0.480. The molecule has 3 heterocycles. The lowest BCUT2D eigenvalue weighted by Crippen LogP contribution is -2.32. The van der Waals surface area contributed by atoms with Crippen molar-refractivity contribution in [1.82, 2.24) is 14.5 Å². The lowest BCUT2D eigenvalue weighted by molar-refractivity contribution is 0.0725. The van der Waals surface area contributed by atoms with E-state index in [9.17, 15) is 23.1 Å². The molecular weight excluding hydrogens is 413 g/mol. The van der Waals surface area contributed by atoms with E-state index in [-0.39, 0.29) is 29.6 Å². The number of alkyl halides is 3. The topological polar surface area (TPSA) is 93.2 Å². The second kappa shape index (κ2) is 8.54. The average Bonchev–Trinajstić information content (AvgIpc) is 3.46. The van der Waals surface area contributed by atoms with Crippen molar-refractivity contribution in [3.63, 3.8) is 0 Å². The van der Waals surface area contributed by atoms with Crippen LogP contribution in [0.1, 0.15) is 47.2 Å². The molecule has 164 valence electrons. The van der Waals surface area contributed by atoms with Crippen LogP contribution in [0.15, 0.2) is 47.5 Å². The first-order chi connectivity index (χ1) is 14.8. The van der Waals surface area contributed by atoms with Gasteiger partial charge in [-0.2, -0.15) is 0 Å². The lowest BCUT2D eigenvalue weighted by Gasteiger charge is -2.18. The predicted octanol–water partition coefficient (Wildman–Crippen LogP) is 3.61. The standard InChI is InChI=1S/C21H21F3N4O3/c1-11-6-15(17(22)18(11)29)27-21-14(7-25-10-26-21)19(30)12-4-5-28(8-12)9-13-2-3-16(31-13)20(23)24/h2-5,7-8,10-11,15,17-18,20,29H,6,9H2,1H3,(H,25,26,27)/t11-,15-,17-,18-/m1/s1. The van der Waals surface area contributed by atoms with Crippen LogP contribution in [0.3, 0.4) is 0 Å². The number of nitrogens with zero attached hydrogens (tertiary/aromatic N) is 3. The summed E-state index contributed by atoms with van der Waals surface area (Å²) in [4.78, 5) is 21.0. The third-order valence-corrected chi connectivity index (χ3v) is 5.45. The van der Waals surface area contributed by atoms with Crippen LogP contribution >= 0.6 is 0 Å². The number of furan rings is 1. The molecular formula is C21H21F3N4O3. The van der Waals surface area contributed by atoms with E-state index in [0.717, 1.165) is 0 Å². The Bertz CT molecular complexity index is 1070. The molecule has 0 radical (unpaired) electrons. The van der Waals surface area contributed by atoms with Gasteiger partial charge in [-0.3, -0.25) is 4.79 Å². The molecule has 0 bridgehead atoms. The number of rotatable bonds is 7. The Balaban J connectivity index is 1.50. The maximum atomic E-state index is 14.3. The molecule has 3 aromatic rings. The first kappa shape index (κ1) is 21.1. The summed E-state index contributed by atoms with van der Waals surface area (Å²) in [6, 6.07) is 3.59. The number of carbonyl (C=O) groups is 1. The van der Waals surface area contributed by atoms with Crippen LogP contribution in [0, 0.1) is 5.92 Å². The van der Waals surface area contributed by atoms with Gasteiger partial charge in [-0.25, -0.2) is 23.1 Å². The largest absolute Gasteiger partial charge is 0.458 e. The molecule has 0 amide bonds. The predicted molar refractivity (Wildman–Crippen MR) is 105 cm³/mol. The van der Waals surface area contributed by atoms with Crippen molar-refractivity contribution < 1.29 is 27.5 Å². The highest BCUT2D eigenvalue weighted by molar-refractivity contribution is 6.11. The summed E-state index contributed by atoms with van der Waals surface area (Å²) >= 11 is 0. The molecule has 4 rings (SSSR count). The number of carbonyl (C=O) groups excluding carboxylic acids is 1. The smallest absolute Gasteiger partial charge is 0.295 e. The van der Waals surface area contributed by atoms with Crippen molar-refractivity contribution in [2.45, 2.75) is 44.6 Å². The van der Waals surface area contributed by atoms with Crippen LogP contribution in [0.4, 0.5) is 19.0 Å². The number of hydrogen-bond acceptors (Lipinski definition) is 6. The summed E-state index contributed by atoms with van der Waals surface area (Å²) in [7, 11) is 0. The van der Waals surface area contributed by atoms with Crippen LogP contribution in [0.25, 0.3) is 0 Å². The van der Waals surface area contributed by atoms with Gasteiger partial charge < -0.3 is 19.4 Å². The Morgan fingerprint density at radius 1 is 1.39 bits per heavy atom. The zero-order chi connectivity index (χ0) is 22.1. The van der Waals surface area contributed by atoms with E-state index in [1.165, 1.54) is 24.7 Å². The summed E-state index contributed by atoms with van der Waals surface area (Å²) in [6.07, 6.45) is 0.958. The van der Waals surface area contributed by atoms with E-state index in [4.69, 9.17) is 4.42 Å². The first-order valence-corrected chi connectivity index (χ1v) is 9.79. The zero-order valence-corrected chi connectivity index (χ0v) is 16.6. The van der Waals surface area contributed by atoms with Gasteiger partial charge in [-0.15, -0.1) is 0 Å². The van der Waals surface area contributed by atoms with Crippen molar-refractivity contribution in [1.29, 1.82) is 0 Å². The molecule has 0 saturated heterocycles. The average molecular weight is 434 g/mol. The summed E-state index contributed by atoms with van der Waals surface area (Å²) < 4.78 is 46.4. The highest BCUT2D eigenvalue weighted by atomic mass is 19.3. The summed E-state index contributed by atoms with van der Waals surface area (Å²) in [6.45, 7) is 1.94. The second-order valence-corrected chi connectivity index (χ2v) is 7.69. The van der Waals surface area contributed by atoms with Crippen molar-refractivity contribution in [2.75, 3.05) is 5.32 Å². The molecule has 1 aliphatic rings. The van der Waals surface area contributed by atoms with Gasteiger partial charge in [0.2, 0.25) is 0 Å². The maximum absolute atomic E-state index is 14.3. The number of nitrogens with one attached hydrogen (secondary N) is 1. The molecule has 0 unspecified atom stereocenters. The molecule has 3 aromatic heterocycles. The number of aromatic nitrogens is 3. The molecule has 2 N–H and O–H groups in total. The van der Waals surface area contributed by atoms with Crippen LogP contribution in [0.2, 0.25) is 0 Å². The molecule has 4 atom stereocenters. The van der Waals surface area contributed by atoms with E-state index in [1.54, 1.807) is 30.0 Å². The second-order valence-electron chi connectivity index (χ2n) is 7.69. The highest BCUT2D eigenvalue weighted by Gasteiger charge is 2.41. The van der Waals surface area contributed by atoms with Crippen molar-refractivity contribution >= 4 is 11.6 Å². The first-order valence-electron chi connectivity index (χ1n) is 9.79. The maximum Gasteiger partial charge on any atom is 0.295 e. The SMILES string of the molecule is C[C@@H]1C[C@@H](Nc2ncncc2C(=O)c2ccn(Cc3ccc(C(F)F)o3)c2)[C@@H](F)[C@@H]1O. The fourth-order valence-electron chi connectivity index (χ4n) is 3.75. The molecule has 0 aromatic carbocycles. The number of aliphatic hydroxyl groups excluding tert-OH is 1. The normalized spacial score (nSPS) is 23.4. The molecule has 10 heteroatoms. The molecule has 0 aliphatic heterocycles. The quantitative estimate of drug-likeness (QED) is 0.552. The number of hydrogen-bond donors (Lipinski definition) is 2.